The number of nitrogens with one attached hydrogen (secondary N) is 2. The molecule has 2 aromatic rings. The second-order valence-corrected chi connectivity index (χ2v) is 5.72. The van der Waals surface area contributed by atoms with Crippen molar-refractivity contribution in [3.8, 4) is 0 Å². The van der Waals surface area contributed by atoms with Gasteiger partial charge in [-0.1, -0.05) is 33.3 Å². The van der Waals surface area contributed by atoms with Crippen molar-refractivity contribution >= 4 is 38.9 Å². The third-order valence-electron chi connectivity index (χ3n) is 2.46. The molecule has 1 aromatic carbocycles. The van der Waals surface area contributed by atoms with Gasteiger partial charge in [0.2, 0.25) is 0 Å². The van der Waals surface area contributed by atoms with Crippen molar-refractivity contribution in [2.75, 3.05) is 5.32 Å². The van der Waals surface area contributed by atoms with E-state index in [1.807, 2.05) is 25.1 Å². The third kappa shape index (κ3) is 2.70. The number of anilines is 1. The second-order valence-electron chi connectivity index (χ2n) is 3.89. The second kappa shape index (κ2) is 5.07. The summed E-state index contributed by atoms with van der Waals surface area (Å²) >= 11 is 4.32. The summed E-state index contributed by atoms with van der Waals surface area (Å²) < 4.78 is 0.930. The zero-order valence-electron chi connectivity index (χ0n) is 9.83. The molecule has 2 rings (SSSR count). The molecule has 2 N–H and O–H groups in total. The van der Waals surface area contributed by atoms with Crippen molar-refractivity contribution in [1.29, 1.82) is 0 Å². The van der Waals surface area contributed by atoms with Crippen LogP contribution >= 0.6 is 27.3 Å². The van der Waals surface area contributed by atoms with E-state index < -0.39 is 0 Å². The largest absolute Gasteiger partial charge is 0.321 e. The fourth-order valence-corrected chi connectivity index (χ4v) is 2.60. The number of carbonyl (C=O) groups excluding carboxylic acids is 1. The number of halogens is 1. The maximum Gasteiger partial charge on any atom is 0.305 e. The zero-order valence-corrected chi connectivity index (χ0v) is 12.2. The fraction of sp³-hybridized carbons (Fsp3) is 0.167. The van der Waals surface area contributed by atoms with Gasteiger partial charge in [0, 0.05) is 15.9 Å². The molecule has 4 nitrogen and oxygen atoms in total. The molecule has 0 radical (unpaired) electrons. The van der Waals surface area contributed by atoms with Gasteiger partial charge in [0.05, 0.1) is 0 Å². The van der Waals surface area contributed by atoms with Gasteiger partial charge in [-0.3, -0.25) is 9.59 Å². The lowest BCUT2D eigenvalue weighted by Crippen LogP contribution is -2.11. The van der Waals surface area contributed by atoms with Crippen LogP contribution in [0, 0.1) is 13.8 Å². The third-order valence-corrected chi connectivity index (χ3v) is 4.30. The van der Waals surface area contributed by atoms with Crippen LogP contribution in [0.15, 0.2) is 27.5 Å². The molecular weight excluding hydrogens is 316 g/mol. The lowest BCUT2D eigenvalue weighted by Gasteiger charge is -2.06. The van der Waals surface area contributed by atoms with Gasteiger partial charge in [-0.05, 0) is 31.5 Å². The maximum atomic E-state index is 12.0. The van der Waals surface area contributed by atoms with Crippen molar-refractivity contribution < 1.29 is 4.79 Å². The summed E-state index contributed by atoms with van der Waals surface area (Å²) in [6.45, 7) is 3.68. The number of rotatable bonds is 2. The van der Waals surface area contributed by atoms with Gasteiger partial charge in [0.1, 0.15) is 4.88 Å². The molecule has 0 bridgehead atoms. The number of thiazole rings is 1. The summed E-state index contributed by atoms with van der Waals surface area (Å²) in [5, 5.41) is 2.76. The van der Waals surface area contributed by atoms with E-state index >= 15 is 0 Å². The van der Waals surface area contributed by atoms with Crippen molar-refractivity contribution in [2.24, 2.45) is 0 Å². The van der Waals surface area contributed by atoms with E-state index in [4.69, 9.17) is 0 Å². The van der Waals surface area contributed by atoms with E-state index in [1.165, 1.54) is 0 Å². The van der Waals surface area contributed by atoms with Crippen LogP contribution < -0.4 is 10.2 Å². The molecular formula is C12H11BrN2O2S. The van der Waals surface area contributed by atoms with E-state index in [0.29, 0.717) is 16.3 Å². The van der Waals surface area contributed by atoms with E-state index in [1.54, 1.807) is 6.92 Å². The number of aromatic nitrogens is 1. The highest BCUT2D eigenvalue weighted by atomic mass is 79.9. The molecule has 0 unspecified atom stereocenters. The van der Waals surface area contributed by atoms with E-state index in [0.717, 1.165) is 21.4 Å². The lowest BCUT2D eigenvalue weighted by atomic mass is 10.2. The molecule has 1 amide bonds. The van der Waals surface area contributed by atoms with Gasteiger partial charge in [0.15, 0.2) is 0 Å². The molecule has 0 spiro atoms. The topological polar surface area (TPSA) is 62.0 Å². The highest BCUT2D eigenvalue weighted by Gasteiger charge is 2.13. The average molecular weight is 327 g/mol. The number of benzene rings is 1. The Morgan fingerprint density at radius 3 is 2.67 bits per heavy atom. The van der Waals surface area contributed by atoms with Gasteiger partial charge < -0.3 is 10.3 Å². The molecule has 0 aliphatic rings. The highest BCUT2D eigenvalue weighted by Crippen LogP contribution is 2.21. The van der Waals surface area contributed by atoms with Gasteiger partial charge in [-0.25, -0.2) is 0 Å². The molecule has 6 heteroatoms. The van der Waals surface area contributed by atoms with Gasteiger partial charge >= 0.3 is 4.87 Å². The normalized spacial score (nSPS) is 10.4. The predicted octanol–water partition coefficient (Wildman–Crippen LogP) is 3.07. The van der Waals surface area contributed by atoms with Crippen molar-refractivity contribution in [3.63, 3.8) is 0 Å². The Morgan fingerprint density at radius 1 is 1.39 bits per heavy atom. The standard InChI is InChI=1S/C12H11BrN2O2S/c1-6-3-4-8(5-9(6)13)15-11(16)10-7(2)14-12(17)18-10/h3-5H,1-2H3,(H,14,17)(H,15,16). The Kier molecular flexibility index (Phi) is 3.68. The number of aryl methyl sites for hydroxylation is 2. The van der Waals surface area contributed by atoms with Gasteiger partial charge in [0.25, 0.3) is 5.91 Å². The first-order valence-electron chi connectivity index (χ1n) is 5.24. The Labute approximate surface area is 116 Å². The summed E-state index contributed by atoms with van der Waals surface area (Å²) in [5.74, 6) is -0.272. The van der Waals surface area contributed by atoms with E-state index in [-0.39, 0.29) is 10.8 Å². The summed E-state index contributed by atoms with van der Waals surface area (Å²) in [7, 11) is 0. The van der Waals surface area contributed by atoms with E-state index in [2.05, 4.69) is 26.2 Å². The van der Waals surface area contributed by atoms with Crippen LogP contribution in [0.5, 0.6) is 0 Å². The highest BCUT2D eigenvalue weighted by molar-refractivity contribution is 9.10. The molecule has 94 valence electrons. The fourth-order valence-electron chi connectivity index (χ4n) is 1.48. The molecule has 0 atom stereocenters. The number of amides is 1. The lowest BCUT2D eigenvalue weighted by molar-refractivity contribution is 0.103. The van der Waals surface area contributed by atoms with Gasteiger partial charge in [-0.2, -0.15) is 0 Å². The smallest absolute Gasteiger partial charge is 0.305 e. The predicted molar refractivity (Wildman–Crippen MR) is 76.5 cm³/mol. The summed E-state index contributed by atoms with van der Waals surface area (Å²) in [5.41, 5.74) is 2.38. The van der Waals surface area contributed by atoms with Crippen LogP contribution in [0.3, 0.4) is 0 Å². The summed E-state index contributed by atoms with van der Waals surface area (Å²) in [4.78, 5) is 25.9. The van der Waals surface area contributed by atoms with Crippen LogP contribution in [0.2, 0.25) is 0 Å². The summed E-state index contributed by atoms with van der Waals surface area (Å²) in [6.07, 6.45) is 0. The number of hydrogen-bond donors (Lipinski definition) is 2. The van der Waals surface area contributed by atoms with E-state index in [9.17, 15) is 9.59 Å². The minimum Gasteiger partial charge on any atom is -0.321 e. The first-order valence-corrected chi connectivity index (χ1v) is 6.85. The SMILES string of the molecule is Cc1ccc(NC(=O)c2sc(=O)[nH]c2C)cc1Br. The number of hydrogen-bond acceptors (Lipinski definition) is 3. The van der Waals surface area contributed by atoms with Gasteiger partial charge in [-0.15, -0.1) is 0 Å². The Morgan fingerprint density at radius 2 is 2.11 bits per heavy atom. The quantitative estimate of drug-likeness (QED) is 0.890. The molecule has 0 fully saturated rings. The molecule has 1 aromatic heterocycles. The monoisotopic (exact) mass is 326 g/mol. The number of aromatic amines is 1. The molecule has 0 aliphatic carbocycles. The first-order chi connectivity index (χ1) is 8.47. The Bertz CT molecular complexity index is 660. The van der Waals surface area contributed by atoms with Crippen LogP contribution in [-0.4, -0.2) is 10.9 Å². The molecule has 0 saturated heterocycles. The van der Waals surface area contributed by atoms with Crippen molar-refractivity contribution in [1.82, 2.24) is 4.98 Å². The van der Waals surface area contributed by atoms with Crippen molar-refractivity contribution in [2.45, 2.75) is 13.8 Å². The minimum atomic E-state index is -0.272. The van der Waals surface area contributed by atoms with Crippen molar-refractivity contribution in [3.05, 3.63) is 48.5 Å². The van der Waals surface area contributed by atoms with Crippen LogP contribution in [-0.2, 0) is 0 Å². The Balaban J connectivity index is 2.24. The molecule has 0 saturated carbocycles. The summed E-state index contributed by atoms with van der Waals surface area (Å²) in [6, 6.07) is 5.56. The minimum absolute atomic E-state index is 0.220. The molecule has 0 aliphatic heterocycles. The molecule has 18 heavy (non-hydrogen) atoms. The number of carbonyl (C=O) groups is 1. The molecule has 1 heterocycles. The maximum absolute atomic E-state index is 12.0. The van der Waals surface area contributed by atoms with Crippen LogP contribution in [0.4, 0.5) is 5.69 Å². The zero-order chi connectivity index (χ0) is 13.3. The first kappa shape index (κ1) is 13.0. The van der Waals surface area contributed by atoms with Crippen LogP contribution in [0.25, 0.3) is 0 Å². The average Bonchev–Trinajstić information content (AvgIpc) is 2.63. The number of H-pyrrole nitrogens is 1. The Hall–Kier alpha value is -1.40. The van der Waals surface area contributed by atoms with Crippen LogP contribution in [0.1, 0.15) is 20.9 Å².